The van der Waals surface area contributed by atoms with Gasteiger partial charge in [-0.25, -0.2) is 0 Å². The van der Waals surface area contributed by atoms with Crippen LogP contribution < -0.4 is 0 Å². The van der Waals surface area contributed by atoms with E-state index in [0.29, 0.717) is 6.10 Å². The SMILES string of the molecule is CCOC1CN(C2CCN(C)CC2)C1. The van der Waals surface area contributed by atoms with Gasteiger partial charge < -0.3 is 9.64 Å². The van der Waals surface area contributed by atoms with Crippen molar-refractivity contribution in [3.8, 4) is 0 Å². The van der Waals surface area contributed by atoms with Crippen molar-refractivity contribution in [2.45, 2.75) is 31.9 Å². The van der Waals surface area contributed by atoms with E-state index < -0.39 is 0 Å². The molecule has 0 amide bonds. The summed E-state index contributed by atoms with van der Waals surface area (Å²) >= 11 is 0. The van der Waals surface area contributed by atoms with Gasteiger partial charge in [0.1, 0.15) is 0 Å². The van der Waals surface area contributed by atoms with Gasteiger partial charge in [-0.3, -0.25) is 4.90 Å². The van der Waals surface area contributed by atoms with Crippen molar-refractivity contribution in [2.24, 2.45) is 0 Å². The van der Waals surface area contributed by atoms with Crippen molar-refractivity contribution in [1.82, 2.24) is 9.80 Å². The van der Waals surface area contributed by atoms with Crippen molar-refractivity contribution >= 4 is 0 Å². The third kappa shape index (κ3) is 2.27. The molecule has 2 aliphatic heterocycles. The van der Waals surface area contributed by atoms with E-state index in [4.69, 9.17) is 4.74 Å². The van der Waals surface area contributed by atoms with Crippen LogP contribution in [0.5, 0.6) is 0 Å². The summed E-state index contributed by atoms with van der Waals surface area (Å²) in [7, 11) is 2.22. The van der Waals surface area contributed by atoms with Crippen molar-refractivity contribution in [3.05, 3.63) is 0 Å². The summed E-state index contributed by atoms with van der Waals surface area (Å²) < 4.78 is 5.57. The van der Waals surface area contributed by atoms with Crippen LogP contribution in [0.4, 0.5) is 0 Å². The quantitative estimate of drug-likeness (QED) is 0.667. The molecule has 14 heavy (non-hydrogen) atoms. The molecule has 0 aliphatic carbocycles. The van der Waals surface area contributed by atoms with Gasteiger partial charge in [0.2, 0.25) is 0 Å². The van der Waals surface area contributed by atoms with Gasteiger partial charge in [-0.1, -0.05) is 0 Å². The van der Waals surface area contributed by atoms with Crippen LogP contribution >= 0.6 is 0 Å². The Morgan fingerprint density at radius 1 is 1.21 bits per heavy atom. The predicted molar refractivity (Wildman–Crippen MR) is 57.5 cm³/mol. The van der Waals surface area contributed by atoms with Crippen LogP contribution in [-0.2, 0) is 4.74 Å². The van der Waals surface area contributed by atoms with Crippen LogP contribution in [0.2, 0.25) is 0 Å². The molecule has 0 aromatic heterocycles. The van der Waals surface area contributed by atoms with Crippen LogP contribution in [0.15, 0.2) is 0 Å². The molecule has 0 aromatic rings. The van der Waals surface area contributed by atoms with E-state index in [1.807, 2.05) is 0 Å². The molecule has 82 valence electrons. The Bertz CT molecular complexity index is 172. The van der Waals surface area contributed by atoms with Crippen LogP contribution in [0, 0.1) is 0 Å². The maximum Gasteiger partial charge on any atom is 0.0828 e. The largest absolute Gasteiger partial charge is 0.376 e. The van der Waals surface area contributed by atoms with Gasteiger partial charge in [0, 0.05) is 25.7 Å². The second-order valence-corrected chi connectivity index (χ2v) is 4.57. The van der Waals surface area contributed by atoms with Gasteiger partial charge in [0.15, 0.2) is 0 Å². The van der Waals surface area contributed by atoms with Crippen LogP contribution in [0.1, 0.15) is 19.8 Å². The Balaban J connectivity index is 1.67. The Labute approximate surface area is 87.0 Å². The monoisotopic (exact) mass is 198 g/mol. The van der Waals surface area contributed by atoms with E-state index in [2.05, 4.69) is 23.8 Å². The Morgan fingerprint density at radius 2 is 1.86 bits per heavy atom. The fourth-order valence-corrected chi connectivity index (χ4v) is 2.47. The zero-order valence-electron chi connectivity index (χ0n) is 9.41. The highest BCUT2D eigenvalue weighted by atomic mass is 16.5. The highest BCUT2D eigenvalue weighted by molar-refractivity contribution is 4.88. The second-order valence-electron chi connectivity index (χ2n) is 4.57. The molecule has 3 heteroatoms. The molecule has 0 spiro atoms. The Kier molecular flexibility index (Phi) is 3.42. The van der Waals surface area contributed by atoms with E-state index in [-0.39, 0.29) is 0 Å². The number of hydrogen-bond acceptors (Lipinski definition) is 3. The highest BCUT2D eigenvalue weighted by Crippen LogP contribution is 2.22. The first kappa shape index (κ1) is 10.4. The summed E-state index contributed by atoms with van der Waals surface area (Å²) in [6, 6.07) is 0.836. The standard InChI is InChI=1S/C11H22N2O/c1-3-14-11-8-13(9-11)10-4-6-12(2)7-5-10/h10-11H,3-9H2,1-2H3. The lowest BCUT2D eigenvalue weighted by molar-refractivity contribution is -0.0760. The van der Waals surface area contributed by atoms with Crippen molar-refractivity contribution in [2.75, 3.05) is 39.8 Å². The number of rotatable bonds is 3. The first-order chi connectivity index (χ1) is 6.79. The summed E-state index contributed by atoms with van der Waals surface area (Å²) in [5, 5.41) is 0. The van der Waals surface area contributed by atoms with E-state index in [1.54, 1.807) is 0 Å². The van der Waals surface area contributed by atoms with Gasteiger partial charge in [0.25, 0.3) is 0 Å². The summed E-state index contributed by atoms with van der Waals surface area (Å²) in [6.07, 6.45) is 3.21. The molecule has 3 nitrogen and oxygen atoms in total. The van der Waals surface area contributed by atoms with Crippen molar-refractivity contribution in [3.63, 3.8) is 0 Å². The lowest BCUT2D eigenvalue weighted by Gasteiger charge is -2.46. The van der Waals surface area contributed by atoms with Gasteiger partial charge in [-0.15, -0.1) is 0 Å². The van der Waals surface area contributed by atoms with Crippen LogP contribution in [0.25, 0.3) is 0 Å². The molecule has 0 radical (unpaired) electrons. The first-order valence-electron chi connectivity index (χ1n) is 5.83. The third-order valence-corrected chi connectivity index (χ3v) is 3.48. The Hall–Kier alpha value is -0.120. The molecule has 2 saturated heterocycles. The van der Waals surface area contributed by atoms with Crippen molar-refractivity contribution in [1.29, 1.82) is 0 Å². The molecular formula is C11H22N2O. The van der Waals surface area contributed by atoms with E-state index in [0.717, 1.165) is 12.6 Å². The molecule has 2 fully saturated rings. The molecule has 0 aromatic carbocycles. The fraction of sp³-hybridized carbons (Fsp3) is 1.00. The molecule has 0 N–H and O–H groups in total. The topological polar surface area (TPSA) is 15.7 Å². The number of piperidine rings is 1. The molecule has 0 saturated carbocycles. The summed E-state index contributed by atoms with van der Waals surface area (Å²) in [5.41, 5.74) is 0. The highest BCUT2D eigenvalue weighted by Gasteiger charge is 2.33. The van der Waals surface area contributed by atoms with Gasteiger partial charge in [-0.05, 0) is 39.9 Å². The van der Waals surface area contributed by atoms with Gasteiger partial charge in [-0.2, -0.15) is 0 Å². The minimum atomic E-state index is 0.527. The zero-order chi connectivity index (χ0) is 9.97. The minimum absolute atomic E-state index is 0.527. The van der Waals surface area contributed by atoms with E-state index >= 15 is 0 Å². The number of likely N-dealkylation sites (tertiary alicyclic amines) is 2. The van der Waals surface area contributed by atoms with Gasteiger partial charge >= 0.3 is 0 Å². The van der Waals surface area contributed by atoms with Crippen LogP contribution in [0.3, 0.4) is 0 Å². The predicted octanol–water partition coefficient (Wildman–Crippen LogP) is 0.801. The Morgan fingerprint density at radius 3 is 2.43 bits per heavy atom. The van der Waals surface area contributed by atoms with Crippen LogP contribution in [-0.4, -0.2) is 61.8 Å². The summed E-state index contributed by atoms with van der Waals surface area (Å²) in [4.78, 5) is 5.02. The summed E-state index contributed by atoms with van der Waals surface area (Å²) in [6.45, 7) is 7.81. The first-order valence-corrected chi connectivity index (χ1v) is 5.83. The van der Waals surface area contributed by atoms with E-state index in [1.165, 1.54) is 39.0 Å². The van der Waals surface area contributed by atoms with Gasteiger partial charge in [0.05, 0.1) is 6.10 Å². The number of ether oxygens (including phenoxy) is 1. The molecule has 2 rings (SSSR count). The zero-order valence-corrected chi connectivity index (χ0v) is 9.41. The average molecular weight is 198 g/mol. The average Bonchev–Trinajstić information content (AvgIpc) is 2.13. The molecule has 0 atom stereocenters. The maximum absolute atomic E-state index is 5.57. The summed E-state index contributed by atoms with van der Waals surface area (Å²) in [5.74, 6) is 0. The molecule has 0 bridgehead atoms. The van der Waals surface area contributed by atoms with E-state index in [9.17, 15) is 0 Å². The van der Waals surface area contributed by atoms with Crippen molar-refractivity contribution < 1.29 is 4.74 Å². The fourth-order valence-electron chi connectivity index (χ4n) is 2.47. The lowest BCUT2D eigenvalue weighted by atomic mass is 9.99. The maximum atomic E-state index is 5.57. The molecule has 2 heterocycles. The lowest BCUT2D eigenvalue weighted by Crippen LogP contribution is -2.58. The smallest absolute Gasteiger partial charge is 0.0828 e. The third-order valence-electron chi connectivity index (χ3n) is 3.48. The molecular weight excluding hydrogens is 176 g/mol. The molecule has 0 unspecified atom stereocenters. The molecule has 2 aliphatic rings. The second kappa shape index (κ2) is 4.60. The number of nitrogens with zero attached hydrogens (tertiary/aromatic N) is 2. The number of hydrogen-bond donors (Lipinski definition) is 0. The minimum Gasteiger partial charge on any atom is -0.376 e. The normalized spacial score (nSPS) is 27.9.